The van der Waals surface area contributed by atoms with Crippen LogP contribution in [0.2, 0.25) is 5.82 Å². The zero-order valence-electron chi connectivity index (χ0n) is 6.58. The van der Waals surface area contributed by atoms with Crippen molar-refractivity contribution in [2.75, 3.05) is 0 Å². The van der Waals surface area contributed by atoms with Crippen molar-refractivity contribution in [2.24, 2.45) is 0 Å². The first-order valence-corrected chi connectivity index (χ1v) is 3.19. The number of hydrogen-bond acceptors (Lipinski definition) is 0. The van der Waals surface area contributed by atoms with Crippen molar-refractivity contribution in [3.63, 3.8) is 0 Å². The summed E-state index contributed by atoms with van der Waals surface area (Å²) in [7, 11) is 8.74. The number of rotatable bonds is 1. The van der Waals surface area contributed by atoms with Crippen LogP contribution in [0.15, 0.2) is 10.8 Å². The maximum absolute atomic E-state index is 2.22. The van der Waals surface area contributed by atoms with Crippen LogP contribution in [-0.2, 0) is 0 Å². The first kappa shape index (κ1) is 8.00. The van der Waals surface area contributed by atoms with Gasteiger partial charge in [-0.3, -0.25) is 0 Å². The molecule has 0 rings (SSSR count). The normalized spacial score (nSPS) is 12.6. The molecule has 0 fully saturated rings. The van der Waals surface area contributed by atoms with Gasteiger partial charge in [0.05, 0.1) is 0 Å². The fourth-order valence-electron chi connectivity index (χ4n) is 0.577. The van der Waals surface area contributed by atoms with E-state index in [9.17, 15) is 0 Å². The summed E-state index contributed by atoms with van der Waals surface area (Å²) < 4.78 is 0. The highest BCUT2D eigenvalue weighted by atomic mass is 13.8. The lowest BCUT2D eigenvalue weighted by Crippen LogP contribution is -1.97. The molecule has 0 amide bonds. The molecular weight excluding hydrogens is 91.3 g/mol. The lowest BCUT2D eigenvalue weighted by molar-refractivity contribution is 1.18. The standard InChI is InChI=1S/C4H12B4/c1-2(5)3(6)4(7)8/h2H,5-8H2,1H3. The van der Waals surface area contributed by atoms with Crippen molar-refractivity contribution in [3.05, 3.63) is 10.8 Å². The summed E-state index contributed by atoms with van der Waals surface area (Å²) >= 11 is 0. The smallest absolute Gasteiger partial charge is 0.131 e. The molecule has 0 aliphatic heterocycles. The highest BCUT2D eigenvalue weighted by Crippen LogP contribution is 2.08. The minimum atomic E-state index is 0.722. The monoisotopic (exact) mass is 104 g/mol. The molecule has 4 heteroatoms. The van der Waals surface area contributed by atoms with Crippen molar-refractivity contribution in [1.29, 1.82) is 0 Å². The van der Waals surface area contributed by atoms with Gasteiger partial charge >= 0.3 is 0 Å². The Labute approximate surface area is 55.8 Å². The fourth-order valence-corrected chi connectivity index (χ4v) is 0.577. The van der Waals surface area contributed by atoms with E-state index >= 15 is 0 Å². The zero-order valence-corrected chi connectivity index (χ0v) is 6.58. The molecule has 1 atom stereocenters. The maximum Gasteiger partial charge on any atom is 0.131 e. The van der Waals surface area contributed by atoms with Gasteiger partial charge in [-0.05, 0) is 0 Å². The highest BCUT2D eigenvalue weighted by Gasteiger charge is 1.95. The summed E-state index contributed by atoms with van der Waals surface area (Å²) in [6.07, 6.45) is 0. The van der Waals surface area contributed by atoms with Crippen molar-refractivity contribution in [1.82, 2.24) is 0 Å². The van der Waals surface area contributed by atoms with Crippen LogP contribution < -0.4 is 0 Å². The van der Waals surface area contributed by atoms with Gasteiger partial charge in [0.2, 0.25) is 0 Å². The second kappa shape index (κ2) is 3.11. The molecule has 0 nitrogen and oxygen atoms in total. The number of allylic oxidation sites excluding steroid dienone is 1. The zero-order chi connectivity index (χ0) is 6.73. The van der Waals surface area contributed by atoms with Gasteiger partial charge in [0.15, 0.2) is 0 Å². The van der Waals surface area contributed by atoms with Crippen LogP contribution in [0, 0.1) is 0 Å². The van der Waals surface area contributed by atoms with Gasteiger partial charge in [-0.2, -0.15) is 5.37 Å². The van der Waals surface area contributed by atoms with E-state index in [0.717, 1.165) is 5.82 Å². The average molecular weight is 103 g/mol. The summed E-state index contributed by atoms with van der Waals surface area (Å²) in [4.78, 5) is 0. The third-order valence-corrected chi connectivity index (χ3v) is 1.65. The third-order valence-electron chi connectivity index (χ3n) is 1.65. The van der Waals surface area contributed by atoms with Crippen LogP contribution >= 0.6 is 0 Å². The summed E-state index contributed by atoms with van der Waals surface area (Å²) in [6.45, 7) is 2.22. The maximum atomic E-state index is 2.22. The van der Waals surface area contributed by atoms with Gasteiger partial charge in [-0.1, -0.05) is 12.7 Å². The molecule has 0 saturated heterocycles. The molecule has 0 aliphatic carbocycles. The van der Waals surface area contributed by atoms with Crippen molar-refractivity contribution < 1.29 is 0 Å². The molecule has 0 N–H and O–H groups in total. The van der Waals surface area contributed by atoms with Gasteiger partial charge < -0.3 is 0 Å². The van der Waals surface area contributed by atoms with Gasteiger partial charge in [0, 0.05) is 0 Å². The van der Waals surface area contributed by atoms with Crippen molar-refractivity contribution >= 4 is 31.4 Å². The lowest BCUT2D eigenvalue weighted by Gasteiger charge is -2.06. The Bertz CT molecular complexity index is 101. The van der Waals surface area contributed by atoms with E-state index < -0.39 is 0 Å². The van der Waals surface area contributed by atoms with Crippen LogP contribution in [0.5, 0.6) is 0 Å². The summed E-state index contributed by atoms with van der Waals surface area (Å²) in [5.41, 5.74) is 1.52. The molecule has 0 radical (unpaired) electrons. The van der Waals surface area contributed by atoms with Gasteiger partial charge in [-0.25, -0.2) is 0 Å². The predicted molar refractivity (Wildman–Crippen MR) is 50.6 cm³/mol. The van der Waals surface area contributed by atoms with Crippen molar-refractivity contribution in [3.8, 4) is 0 Å². The van der Waals surface area contributed by atoms with E-state index in [-0.39, 0.29) is 0 Å². The second-order valence-corrected chi connectivity index (χ2v) is 2.84. The largest absolute Gasteiger partial charge is 0.156 e. The van der Waals surface area contributed by atoms with Gasteiger partial charge in [0.25, 0.3) is 0 Å². The third kappa shape index (κ3) is 2.34. The second-order valence-electron chi connectivity index (χ2n) is 2.84. The summed E-state index contributed by atoms with van der Waals surface area (Å²) in [5.74, 6) is 0.722. The molecule has 0 aromatic carbocycles. The van der Waals surface area contributed by atoms with Crippen LogP contribution in [-0.4, -0.2) is 31.4 Å². The molecule has 0 aromatic heterocycles. The average Bonchev–Trinajstić information content (AvgIpc) is 1.64. The molecule has 8 heavy (non-hydrogen) atoms. The van der Waals surface area contributed by atoms with Gasteiger partial charge in [0.1, 0.15) is 31.4 Å². The molecule has 1 unspecified atom stereocenters. The minimum absolute atomic E-state index is 0.722. The van der Waals surface area contributed by atoms with E-state index in [0.29, 0.717) is 0 Å². The Morgan fingerprint density at radius 1 is 1.25 bits per heavy atom. The molecule has 0 aromatic rings. The van der Waals surface area contributed by atoms with Crippen LogP contribution in [0.3, 0.4) is 0 Å². The fraction of sp³-hybridized carbons (Fsp3) is 0.500. The highest BCUT2D eigenvalue weighted by molar-refractivity contribution is 6.52. The quantitative estimate of drug-likeness (QED) is 0.322. The molecule has 0 spiro atoms. The van der Waals surface area contributed by atoms with Crippen LogP contribution in [0.1, 0.15) is 6.92 Å². The Morgan fingerprint density at radius 2 is 1.62 bits per heavy atom. The Morgan fingerprint density at radius 3 is 1.62 bits per heavy atom. The summed E-state index contributed by atoms with van der Waals surface area (Å²) in [6, 6.07) is 0. The molecule has 40 valence electrons. The predicted octanol–water partition coefficient (Wildman–Crippen LogP) is -2.50. The van der Waals surface area contributed by atoms with Crippen LogP contribution in [0.4, 0.5) is 0 Å². The SMILES string of the molecule is BC(B)=C(B)C(B)C. The lowest BCUT2D eigenvalue weighted by atomic mass is 9.62. The Hall–Kier alpha value is -0.000260. The van der Waals surface area contributed by atoms with E-state index in [2.05, 4.69) is 38.3 Å². The molecule has 0 aliphatic rings. The number of hydrogen-bond donors (Lipinski definition) is 0. The van der Waals surface area contributed by atoms with E-state index in [4.69, 9.17) is 0 Å². The molecule has 0 saturated carbocycles. The van der Waals surface area contributed by atoms with E-state index in [1.165, 1.54) is 10.8 Å². The van der Waals surface area contributed by atoms with Crippen LogP contribution in [0.25, 0.3) is 0 Å². The Kier molecular flexibility index (Phi) is 3.11. The molecule has 0 bridgehead atoms. The Balaban J connectivity index is 4.00. The van der Waals surface area contributed by atoms with E-state index in [1.807, 2.05) is 0 Å². The molecule has 0 heterocycles. The first-order valence-electron chi connectivity index (χ1n) is 3.19. The van der Waals surface area contributed by atoms with Crippen molar-refractivity contribution in [2.45, 2.75) is 12.7 Å². The topological polar surface area (TPSA) is 0 Å². The first-order chi connectivity index (χ1) is 3.55. The summed E-state index contributed by atoms with van der Waals surface area (Å²) in [5, 5.41) is 1.46. The minimum Gasteiger partial charge on any atom is -0.156 e. The van der Waals surface area contributed by atoms with E-state index in [1.54, 1.807) is 0 Å². The molecular formula is C4H12B4. The van der Waals surface area contributed by atoms with Gasteiger partial charge in [-0.15, -0.1) is 5.47 Å².